The van der Waals surface area contributed by atoms with E-state index in [1.807, 2.05) is 30.3 Å². The molecule has 0 atom stereocenters. The van der Waals surface area contributed by atoms with Crippen molar-refractivity contribution in [3.8, 4) is 5.75 Å². The minimum atomic E-state index is -0.693. The Hall–Kier alpha value is -2.41. The smallest absolute Gasteiger partial charge is 0.344 e. The van der Waals surface area contributed by atoms with Gasteiger partial charge in [-0.05, 0) is 39.7 Å². The van der Waals surface area contributed by atoms with Gasteiger partial charge >= 0.3 is 5.97 Å². The highest BCUT2D eigenvalue weighted by atomic mass is 79.9. The molecule has 0 aliphatic heterocycles. The Morgan fingerprint density at radius 1 is 1.08 bits per heavy atom. The normalized spacial score (nSPS) is 10.1. The van der Waals surface area contributed by atoms with Crippen molar-refractivity contribution in [1.29, 1.82) is 0 Å². The second kappa shape index (κ2) is 9.02. The van der Waals surface area contributed by atoms with Gasteiger partial charge in [-0.2, -0.15) is 0 Å². The molecule has 2 rings (SSSR count). The van der Waals surface area contributed by atoms with E-state index in [4.69, 9.17) is 9.47 Å². The average Bonchev–Trinajstić information content (AvgIpc) is 2.58. The molecule has 0 unspecified atom stereocenters. The first-order chi connectivity index (χ1) is 11.5. The minimum absolute atomic E-state index is 0.307. The summed E-state index contributed by atoms with van der Waals surface area (Å²) in [5, 5.41) is 2.64. The van der Waals surface area contributed by atoms with Crippen molar-refractivity contribution >= 4 is 27.8 Å². The van der Waals surface area contributed by atoms with E-state index in [-0.39, 0.29) is 13.2 Å². The Balaban J connectivity index is 1.68. The van der Waals surface area contributed by atoms with Gasteiger partial charge in [-0.3, -0.25) is 4.79 Å². The molecule has 0 aliphatic rings. The summed E-state index contributed by atoms with van der Waals surface area (Å²) in [6, 6.07) is 13.2. The van der Waals surface area contributed by atoms with Crippen molar-refractivity contribution in [2.24, 2.45) is 0 Å². The molecule has 0 spiro atoms. The Kier molecular flexibility index (Phi) is 6.74. The fourth-order valence-electron chi connectivity index (χ4n) is 1.76. The molecule has 0 aliphatic carbocycles. The first-order valence-electron chi connectivity index (χ1n) is 7.08. The van der Waals surface area contributed by atoms with Crippen LogP contribution in [-0.4, -0.2) is 25.1 Å². The summed E-state index contributed by atoms with van der Waals surface area (Å²) >= 11 is 3.12. The number of hydrogen-bond donors (Lipinski definition) is 1. The number of esters is 1. The van der Waals surface area contributed by atoms with Crippen LogP contribution < -0.4 is 10.1 Å². The van der Waals surface area contributed by atoms with Gasteiger partial charge in [-0.15, -0.1) is 0 Å². The van der Waals surface area contributed by atoms with Crippen molar-refractivity contribution in [1.82, 2.24) is 5.32 Å². The van der Waals surface area contributed by atoms with Crippen LogP contribution in [-0.2, 0) is 20.9 Å². The summed E-state index contributed by atoms with van der Waals surface area (Å²) in [5.74, 6) is -1.22. The molecule has 7 heteroatoms. The lowest BCUT2D eigenvalue weighted by molar-refractivity contribution is -0.150. The van der Waals surface area contributed by atoms with Gasteiger partial charge in [0.15, 0.2) is 13.2 Å². The van der Waals surface area contributed by atoms with Crippen LogP contribution in [0.2, 0.25) is 0 Å². The van der Waals surface area contributed by atoms with Gasteiger partial charge in [0, 0.05) is 6.54 Å². The molecule has 0 bridgehead atoms. The predicted molar refractivity (Wildman–Crippen MR) is 88.8 cm³/mol. The van der Waals surface area contributed by atoms with Gasteiger partial charge in [0.1, 0.15) is 11.6 Å². The zero-order valence-corrected chi connectivity index (χ0v) is 14.2. The van der Waals surface area contributed by atoms with Crippen LogP contribution in [0.3, 0.4) is 0 Å². The van der Waals surface area contributed by atoms with E-state index in [0.29, 0.717) is 16.8 Å². The van der Waals surface area contributed by atoms with Crippen LogP contribution in [0.4, 0.5) is 4.39 Å². The quantitative estimate of drug-likeness (QED) is 0.732. The summed E-state index contributed by atoms with van der Waals surface area (Å²) in [6.45, 7) is -0.411. The van der Waals surface area contributed by atoms with Crippen molar-refractivity contribution in [3.05, 3.63) is 64.4 Å². The maximum atomic E-state index is 12.9. The number of ether oxygens (including phenoxy) is 2. The van der Waals surface area contributed by atoms with Gasteiger partial charge in [-0.25, -0.2) is 9.18 Å². The van der Waals surface area contributed by atoms with Gasteiger partial charge < -0.3 is 14.8 Å². The van der Waals surface area contributed by atoms with Crippen LogP contribution in [0.5, 0.6) is 5.75 Å². The molecule has 1 amide bonds. The molecule has 0 aromatic heterocycles. The van der Waals surface area contributed by atoms with Crippen molar-refractivity contribution < 1.29 is 23.5 Å². The predicted octanol–water partition coefficient (Wildman–Crippen LogP) is 2.83. The highest BCUT2D eigenvalue weighted by Gasteiger charge is 2.10. The third-order valence-corrected chi connectivity index (χ3v) is 3.56. The fraction of sp³-hybridized carbons (Fsp3) is 0.176. The summed E-state index contributed by atoms with van der Waals surface area (Å²) < 4.78 is 23.3. The summed E-state index contributed by atoms with van der Waals surface area (Å²) in [6.07, 6.45) is 0. The number of benzene rings is 2. The Labute approximate surface area is 146 Å². The van der Waals surface area contributed by atoms with Crippen molar-refractivity contribution in [2.45, 2.75) is 6.54 Å². The van der Waals surface area contributed by atoms with E-state index in [1.54, 1.807) is 0 Å². The first-order valence-corrected chi connectivity index (χ1v) is 7.88. The number of carbonyl (C=O) groups is 2. The van der Waals surface area contributed by atoms with Gasteiger partial charge in [0.25, 0.3) is 5.91 Å². The monoisotopic (exact) mass is 395 g/mol. The molecule has 24 heavy (non-hydrogen) atoms. The lowest BCUT2D eigenvalue weighted by atomic mass is 10.2. The Morgan fingerprint density at radius 2 is 1.83 bits per heavy atom. The maximum absolute atomic E-state index is 12.9. The van der Waals surface area contributed by atoms with Crippen LogP contribution in [0.25, 0.3) is 0 Å². The zero-order chi connectivity index (χ0) is 17.4. The zero-order valence-electron chi connectivity index (χ0n) is 12.6. The maximum Gasteiger partial charge on any atom is 0.344 e. The lowest BCUT2D eigenvalue weighted by Crippen LogP contribution is -2.29. The summed E-state index contributed by atoms with van der Waals surface area (Å²) in [7, 11) is 0. The third kappa shape index (κ3) is 6.00. The molecule has 2 aromatic carbocycles. The topological polar surface area (TPSA) is 64.6 Å². The number of carbonyl (C=O) groups excluding carboxylic acids is 2. The molecule has 1 N–H and O–H groups in total. The minimum Gasteiger partial charge on any atom is -0.481 e. The highest BCUT2D eigenvalue weighted by molar-refractivity contribution is 9.10. The Bertz CT molecular complexity index is 709. The molecule has 0 fully saturated rings. The molecule has 5 nitrogen and oxygen atoms in total. The Morgan fingerprint density at radius 3 is 2.54 bits per heavy atom. The van der Waals surface area contributed by atoms with E-state index in [0.717, 1.165) is 5.56 Å². The van der Waals surface area contributed by atoms with Gasteiger partial charge in [0.05, 0.1) is 4.47 Å². The molecule has 2 aromatic rings. The van der Waals surface area contributed by atoms with Crippen molar-refractivity contribution in [3.63, 3.8) is 0 Å². The highest BCUT2D eigenvalue weighted by Crippen LogP contribution is 2.25. The van der Waals surface area contributed by atoms with Gasteiger partial charge in [0.2, 0.25) is 0 Å². The molecule has 0 saturated carbocycles. The van der Waals surface area contributed by atoms with E-state index >= 15 is 0 Å². The van der Waals surface area contributed by atoms with Gasteiger partial charge in [-0.1, -0.05) is 30.3 Å². The van der Waals surface area contributed by atoms with Crippen LogP contribution in [0.1, 0.15) is 5.56 Å². The fourth-order valence-corrected chi connectivity index (χ4v) is 2.23. The SMILES string of the molecule is O=C(COC(=O)COc1ccc(F)cc1Br)NCc1ccccc1. The number of amides is 1. The van der Waals surface area contributed by atoms with E-state index in [9.17, 15) is 14.0 Å². The van der Waals surface area contributed by atoms with E-state index < -0.39 is 17.7 Å². The number of hydrogen-bond acceptors (Lipinski definition) is 4. The average molecular weight is 396 g/mol. The van der Waals surface area contributed by atoms with Crippen LogP contribution in [0, 0.1) is 5.82 Å². The first kappa shape index (κ1) is 17.9. The third-order valence-electron chi connectivity index (χ3n) is 2.94. The second-order valence-electron chi connectivity index (χ2n) is 4.79. The van der Waals surface area contributed by atoms with Crippen molar-refractivity contribution in [2.75, 3.05) is 13.2 Å². The standard InChI is InChI=1S/C17H15BrFNO4/c18-14-8-13(19)6-7-15(14)23-11-17(22)24-10-16(21)20-9-12-4-2-1-3-5-12/h1-8H,9-11H2,(H,20,21). The second-order valence-corrected chi connectivity index (χ2v) is 5.64. The molecule has 0 heterocycles. The summed E-state index contributed by atoms with van der Waals surface area (Å²) in [5.41, 5.74) is 0.946. The van der Waals surface area contributed by atoms with E-state index in [2.05, 4.69) is 21.2 Å². The molecule has 126 valence electrons. The molecular weight excluding hydrogens is 381 g/mol. The molecular formula is C17H15BrFNO4. The largest absolute Gasteiger partial charge is 0.481 e. The van der Waals surface area contributed by atoms with Crippen LogP contribution in [0.15, 0.2) is 53.0 Å². The number of nitrogens with one attached hydrogen (secondary N) is 1. The van der Waals surface area contributed by atoms with E-state index in [1.165, 1.54) is 18.2 Å². The molecule has 0 radical (unpaired) electrons. The summed E-state index contributed by atoms with van der Waals surface area (Å²) in [4.78, 5) is 23.2. The molecule has 0 saturated heterocycles. The van der Waals surface area contributed by atoms with Crippen LogP contribution >= 0.6 is 15.9 Å². The lowest BCUT2D eigenvalue weighted by Gasteiger charge is -2.09. The number of rotatable bonds is 7. The number of halogens is 2.